The second kappa shape index (κ2) is 9.53. The van der Waals surface area contributed by atoms with Gasteiger partial charge in [-0.3, -0.25) is 0 Å². The fraction of sp³-hybridized carbons (Fsp3) is 0.381. The molecule has 0 bridgehead atoms. The van der Waals surface area contributed by atoms with E-state index in [0.29, 0.717) is 17.8 Å². The normalized spacial score (nSPS) is 15.4. The SMILES string of the molecule is Cc1cc(NC(=S)NCc2ccc(OC3CCN(C)CC3)cc2)ccc1Br. The maximum atomic E-state index is 6.10. The molecule has 1 saturated heterocycles. The van der Waals surface area contributed by atoms with Gasteiger partial charge >= 0.3 is 0 Å². The van der Waals surface area contributed by atoms with Crippen LogP contribution in [-0.4, -0.2) is 36.3 Å². The maximum Gasteiger partial charge on any atom is 0.171 e. The standard InChI is InChI=1S/C21H26BrN3OS/c1-15-13-17(5-8-20(15)22)24-21(27)23-14-16-3-6-18(7-4-16)26-19-9-11-25(2)12-10-19/h3-8,13,19H,9-12,14H2,1-2H3,(H2,23,24,27). The molecule has 0 aliphatic carbocycles. The number of hydrogen-bond acceptors (Lipinski definition) is 3. The minimum atomic E-state index is 0.330. The number of thiocarbonyl (C=S) groups is 1. The molecule has 1 fully saturated rings. The number of nitrogens with zero attached hydrogens (tertiary/aromatic N) is 1. The van der Waals surface area contributed by atoms with E-state index in [2.05, 4.69) is 63.6 Å². The second-order valence-electron chi connectivity index (χ2n) is 7.04. The number of rotatable bonds is 5. The Hall–Kier alpha value is -1.63. The Kier molecular flexibility index (Phi) is 7.10. The highest BCUT2D eigenvalue weighted by Gasteiger charge is 2.17. The van der Waals surface area contributed by atoms with Gasteiger partial charge in [0, 0.05) is 29.8 Å². The summed E-state index contributed by atoms with van der Waals surface area (Å²) >= 11 is 8.90. The van der Waals surface area contributed by atoms with Crippen LogP contribution in [0.2, 0.25) is 0 Å². The Morgan fingerprint density at radius 2 is 1.89 bits per heavy atom. The quantitative estimate of drug-likeness (QED) is 0.648. The van der Waals surface area contributed by atoms with Crippen LogP contribution in [0.5, 0.6) is 5.75 Å². The number of nitrogens with one attached hydrogen (secondary N) is 2. The highest BCUT2D eigenvalue weighted by molar-refractivity contribution is 9.10. The van der Waals surface area contributed by atoms with Crippen LogP contribution >= 0.6 is 28.1 Å². The summed E-state index contributed by atoms with van der Waals surface area (Å²) in [4.78, 5) is 2.35. The summed E-state index contributed by atoms with van der Waals surface area (Å²) in [5.41, 5.74) is 3.32. The van der Waals surface area contributed by atoms with Crippen LogP contribution in [0.4, 0.5) is 5.69 Å². The zero-order chi connectivity index (χ0) is 19.2. The highest BCUT2D eigenvalue weighted by Crippen LogP contribution is 2.21. The van der Waals surface area contributed by atoms with Crippen LogP contribution < -0.4 is 15.4 Å². The number of hydrogen-bond donors (Lipinski definition) is 2. The van der Waals surface area contributed by atoms with Gasteiger partial charge in [0.15, 0.2) is 5.11 Å². The van der Waals surface area contributed by atoms with E-state index in [9.17, 15) is 0 Å². The number of ether oxygens (including phenoxy) is 1. The number of benzene rings is 2. The Morgan fingerprint density at radius 3 is 2.56 bits per heavy atom. The van der Waals surface area contributed by atoms with Crippen LogP contribution in [0.1, 0.15) is 24.0 Å². The van der Waals surface area contributed by atoms with Crippen molar-refractivity contribution in [3.8, 4) is 5.75 Å². The third kappa shape index (κ3) is 6.19. The van der Waals surface area contributed by atoms with Gasteiger partial charge < -0.3 is 20.3 Å². The first-order valence-corrected chi connectivity index (χ1v) is 10.4. The van der Waals surface area contributed by atoms with Gasteiger partial charge in [-0.25, -0.2) is 0 Å². The molecule has 0 atom stereocenters. The molecular weight excluding hydrogens is 422 g/mol. The minimum absolute atomic E-state index is 0.330. The molecule has 144 valence electrons. The van der Waals surface area contributed by atoms with Gasteiger partial charge in [0.05, 0.1) is 0 Å². The third-order valence-electron chi connectivity index (χ3n) is 4.76. The summed E-state index contributed by atoms with van der Waals surface area (Å²) in [7, 11) is 2.16. The van der Waals surface area contributed by atoms with Crippen molar-refractivity contribution in [3.63, 3.8) is 0 Å². The molecule has 27 heavy (non-hydrogen) atoms. The Morgan fingerprint density at radius 1 is 1.19 bits per heavy atom. The molecule has 0 spiro atoms. The van der Waals surface area contributed by atoms with E-state index in [4.69, 9.17) is 17.0 Å². The third-order valence-corrected chi connectivity index (χ3v) is 5.90. The molecule has 0 amide bonds. The smallest absolute Gasteiger partial charge is 0.171 e. The van der Waals surface area contributed by atoms with Crippen molar-refractivity contribution in [1.29, 1.82) is 0 Å². The first kappa shape index (κ1) is 20.1. The predicted molar refractivity (Wildman–Crippen MR) is 120 cm³/mol. The Bertz CT molecular complexity index is 773. The molecule has 2 aromatic rings. The molecular formula is C21H26BrN3OS. The summed E-state index contributed by atoms with van der Waals surface area (Å²) < 4.78 is 7.19. The van der Waals surface area contributed by atoms with Crippen LogP contribution in [-0.2, 0) is 6.54 Å². The van der Waals surface area contributed by atoms with E-state index in [1.807, 2.05) is 24.3 Å². The zero-order valence-corrected chi connectivity index (χ0v) is 18.2. The summed E-state index contributed by atoms with van der Waals surface area (Å²) in [6, 6.07) is 14.3. The molecule has 4 nitrogen and oxygen atoms in total. The van der Waals surface area contributed by atoms with Crippen LogP contribution in [0.15, 0.2) is 46.9 Å². The van der Waals surface area contributed by atoms with E-state index in [0.717, 1.165) is 41.8 Å². The summed E-state index contributed by atoms with van der Waals surface area (Å²) in [6.07, 6.45) is 2.52. The van der Waals surface area contributed by atoms with Crippen molar-refractivity contribution in [3.05, 3.63) is 58.1 Å². The van der Waals surface area contributed by atoms with E-state index in [1.54, 1.807) is 0 Å². The molecule has 1 heterocycles. The lowest BCUT2D eigenvalue weighted by Gasteiger charge is -2.29. The minimum Gasteiger partial charge on any atom is -0.490 e. The Balaban J connectivity index is 1.45. The molecule has 0 saturated carbocycles. The van der Waals surface area contributed by atoms with Crippen molar-refractivity contribution in [2.75, 3.05) is 25.5 Å². The van der Waals surface area contributed by atoms with E-state index >= 15 is 0 Å². The predicted octanol–water partition coefficient (Wildman–Crippen LogP) is 4.72. The van der Waals surface area contributed by atoms with Gasteiger partial charge in [0.25, 0.3) is 0 Å². The first-order chi connectivity index (χ1) is 13.0. The summed E-state index contributed by atoms with van der Waals surface area (Å²) in [5.74, 6) is 0.944. The van der Waals surface area contributed by atoms with Gasteiger partial charge in [0.2, 0.25) is 0 Å². The average Bonchev–Trinajstić information content (AvgIpc) is 2.66. The van der Waals surface area contributed by atoms with Crippen molar-refractivity contribution in [1.82, 2.24) is 10.2 Å². The molecule has 0 radical (unpaired) electrons. The van der Waals surface area contributed by atoms with Gasteiger partial charge in [0.1, 0.15) is 11.9 Å². The molecule has 2 N–H and O–H groups in total. The lowest BCUT2D eigenvalue weighted by Crippen LogP contribution is -2.35. The van der Waals surface area contributed by atoms with Gasteiger partial charge in [-0.05, 0) is 80.5 Å². The van der Waals surface area contributed by atoms with Crippen molar-refractivity contribution >= 4 is 38.9 Å². The fourth-order valence-corrected chi connectivity index (χ4v) is 3.50. The molecule has 3 rings (SSSR count). The lowest BCUT2D eigenvalue weighted by atomic mass is 10.1. The van der Waals surface area contributed by atoms with E-state index in [-0.39, 0.29) is 0 Å². The van der Waals surface area contributed by atoms with E-state index in [1.165, 1.54) is 11.1 Å². The maximum absolute atomic E-state index is 6.10. The molecule has 0 aromatic heterocycles. The number of piperidine rings is 1. The molecule has 1 aliphatic heterocycles. The summed E-state index contributed by atoms with van der Waals surface area (Å²) in [6.45, 7) is 4.95. The number of likely N-dealkylation sites (tertiary alicyclic amines) is 1. The Labute approximate surface area is 175 Å². The zero-order valence-electron chi connectivity index (χ0n) is 15.8. The number of anilines is 1. The molecule has 1 aliphatic rings. The topological polar surface area (TPSA) is 36.5 Å². The molecule has 2 aromatic carbocycles. The fourth-order valence-electron chi connectivity index (χ4n) is 3.06. The lowest BCUT2D eigenvalue weighted by molar-refractivity contribution is 0.114. The van der Waals surface area contributed by atoms with Gasteiger partial charge in [-0.1, -0.05) is 28.1 Å². The average molecular weight is 448 g/mol. The first-order valence-electron chi connectivity index (χ1n) is 9.25. The van der Waals surface area contributed by atoms with Crippen molar-refractivity contribution < 1.29 is 4.74 Å². The van der Waals surface area contributed by atoms with Crippen LogP contribution in [0.3, 0.4) is 0 Å². The highest BCUT2D eigenvalue weighted by atomic mass is 79.9. The van der Waals surface area contributed by atoms with Crippen molar-refractivity contribution in [2.45, 2.75) is 32.4 Å². The molecule has 6 heteroatoms. The van der Waals surface area contributed by atoms with Crippen LogP contribution in [0, 0.1) is 6.92 Å². The van der Waals surface area contributed by atoms with Crippen LogP contribution in [0.25, 0.3) is 0 Å². The second-order valence-corrected chi connectivity index (χ2v) is 8.30. The van der Waals surface area contributed by atoms with E-state index < -0.39 is 0 Å². The van der Waals surface area contributed by atoms with Gasteiger partial charge in [-0.15, -0.1) is 0 Å². The van der Waals surface area contributed by atoms with Crippen molar-refractivity contribution in [2.24, 2.45) is 0 Å². The summed E-state index contributed by atoms with van der Waals surface area (Å²) in [5, 5.41) is 7.08. The van der Waals surface area contributed by atoms with Gasteiger partial charge in [-0.2, -0.15) is 0 Å². The number of halogens is 1. The largest absolute Gasteiger partial charge is 0.490 e. The number of aryl methyl sites for hydroxylation is 1. The molecule has 0 unspecified atom stereocenters. The monoisotopic (exact) mass is 447 g/mol.